The van der Waals surface area contributed by atoms with Gasteiger partial charge in [-0.25, -0.2) is 0 Å². The van der Waals surface area contributed by atoms with E-state index in [2.05, 4.69) is 23.4 Å². The third kappa shape index (κ3) is 4.27. The molecule has 5 heteroatoms. The van der Waals surface area contributed by atoms with E-state index < -0.39 is 24.7 Å². The zero-order valence-electron chi connectivity index (χ0n) is 9.19. The fourth-order valence-electron chi connectivity index (χ4n) is 1.20. The Balaban J connectivity index is 2.93. The molecule has 0 saturated carbocycles. The molecule has 0 radical (unpaired) electrons. The normalized spacial score (nSPS) is 13.5. The van der Waals surface area contributed by atoms with Crippen LogP contribution in [0.1, 0.15) is 6.92 Å². The van der Waals surface area contributed by atoms with Gasteiger partial charge >= 0.3 is 96.2 Å². The third-order valence-corrected chi connectivity index (χ3v) is 7.09. The molecular weight excluding hydrogens is 273 g/mol. The molecule has 1 unspecified atom stereocenters. The van der Waals surface area contributed by atoms with Crippen LogP contribution in [0, 0.1) is 0 Å². The molecule has 0 saturated heterocycles. The van der Waals surface area contributed by atoms with Gasteiger partial charge in [0.2, 0.25) is 0 Å². The average Bonchev–Trinajstić information content (AvgIpc) is 2.14. The second-order valence-corrected chi connectivity index (χ2v) is 10.5. The Kier molecular flexibility index (Phi) is 4.23. The minimum absolute atomic E-state index is 0.671. The van der Waals surface area contributed by atoms with E-state index in [4.69, 9.17) is 0 Å². The number of hydrogen-bond donors (Lipinski definition) is 1. The van der Waals surface area contributed by atoms with Gasteiger partial charge in [0.15, 0.2) is 0 Å². The Labute approximate surface area is 96.2 Å². The SMILES string of the molecule is CC[As](C)c1cccc(NS(C)(=O)=O)c1. The summed E-state index contributed by atoms with van der Waals surface area (Å²) in [5.41, 5.74) is 2.94. The molecule has 0 fully saturated rings. The van der Waals surface area contributed by atoms with Crippen LogP contribution in [0.3, 0.4) is 0 Å². The van der Waals surface area contributed by atoms with Crippen molar-refractivity contribution in [3.63, 3.8) is 0 Å². The van der Waals surface area contributed by atoms with Gasteiger partial charge in [0, 0.05) is 0 Å². The van der Waals surface area contributed by atoms with Crippen molar-refractivity contribution in [3.05, 3.63) is 24.3 Å². The molecule has 1 aromatic carbocycles. The first kappa shape index (κ1) is 12.6. The molecule has 15 heavy (non-hydrogen) atoms. The van der Waals surface area contributed by atoms with Crippen LogP contribution >= 0.6 is 0 Å². The van der Waals surface area contributed by atoms with Crippen LogP contribution < -0.4 is 9.07 Å². The summed E-state index contributed by atoms with van der Waals surface area (Å²) in [6.45, 7) is 2.18. The first-order valence-corrected chi connectivity index (χ1v) is 10.7. The molecular formula is C10H16AsNO2S. The molecule has 1 rings (SSSR count). The van der Waals surface area contributed by atoms with Crippen LogP contribution in [0.4, 0.5) is 5.69 Å². The van der Waals surface area contributed by atoms with Crippen LogP contribution in [-0.4, -0.2) is 29.3 Å². The molecule has 1 N–H and O–H groups in total. The summed E-state index contributed by atoms with van der Waals surface area (Å²) in [5, 5.41) is 1.19. The van der Waals surface area contributed by atoms with Gasteiger partial charge in [0.1, 0.15) is 0 Å². The standard InChI is InChI=1S/C10H16AsNO2S/c1-4-11(2)9-6-5-7-10(8-9)12-15(3,13)14/h5-8,12H,4H2,1-3H3. The molecule has 0 aliphatic rings. The van der Waals surface area contributed by atoms with Crippen LogP contribution in [0.15, 0.2) is 24.3 Å². The van der Waals surface area contributed by atoms with Gasteiger partial charge in [0.25, 0.3) is 0 Å². The Morgan fingerprint density at radius 3 is 2.60 bits per heavy atom. The van der Waals surface area contributed by atoms with E-state index in [9.17, 15) is 8.42 Å². The summed E-state index contributed by atoms with van der Waals surface area (Å²) in [5.74, 6) is 0. The molecule has 0 aliphatic heterocycles. The van der Waals surface area contributed by atoms with Gasteiger partial charge in [-0.05, 0) is 0 Å². The summed E-state index contributed by atoms with van der Waals surface area (Å²) in [6.07, 6.45) is 1.17. The Morgan fingerprint density at radius 2 is 2.07 bits per heavy atom. The zero-order valence-corrected chi connectivity index (χ0v) is 11.9. The summed E-state index contributed by atoms with van der Waals surface area (Å²) < 4.78 is 25.9. The van der Waals surface area contributed by atoms with Gasteiger partial charge in [-0.1, -0.05) is 0 Å². The minimum atomic E-state index is -3.16. The zero-order chi connectivity index (χ0) is 11.5. The van der Waals surface area contributed by atoms with Crippen LogP contribution in [0.5, 0.6) is 0 Å². The molecule has 1 atom stereocenters. The first-order chi connectivity index (χ1) is 6.92. The van der Waals surface area contributed by atoms with Gasteiger partial charge in [-0.15, -0.1) is 0 Å². The Morgan fingerprint density at radius 1 is 1.40 bits per heavy atom. The molecule has 84 valence electrons. The fraction of sp³-hybridized carbons (Fsp3) is 0.400. The van der Waals surface area contributed by atoms with Crippen LogP contribution in [0.25, 0.3) is 0 Å². The van der Waals surface area contributed by atoms with Crippen molar-refractivity contribution in [2.24, 2.45) is 0 Å². The second-order valence-electron chi connectivity index (χ2n) is 3.44. The predicted octanol–water partition coefficient (Wildman–Crippen LogP) is 1.41. The topological polar surface area (TPSA) is 46.2 Å². The molecule has 0 heterocycles. The summed E-state index contributed by atoms with van der Waals surface area (Å²) in [4.78, 5) is 0. The monoisotopic (exact) mass is 289 g/mol. The molecule has 3 nitrogen and oxygen atoms in total. The van der Waals surface area contributed by atoms with Gasteiger partial charge < -0.3 is 0 Å². The number of hydrogen-bond acceptors (Lipinski definition) is 2. The Hall–Kier alpha value is -0.472. The number of benzene rings is 1. The quantitative estimate of drug-likeness (QED) is 0.852. The van der Waals surface area contributed by atoms with Gasteiger partial charge in [-0.2, -0.15) is 0 Å². The Bertz CT molecular complexity index is 431. The maximum atomic E-state index is 11.1. The molecule has 0 aliphatic carbocycles. The van der Waals surface area contributed by atoms with Crippen molar-refractivity contribution < 1.29 is 8.42 Å². The van der Waals surface area contributed by atoms with E-state index in [1.807, 2.05) is 12.1 Å². The maximum absolute atomic E-state index is 11.1. The molecule has 0 aromatic heterocycles. The summed E-state index contributed by atoms with van der Waals surface area (Å²) in [6, 6.07) is 7.72. The van der Waals surface area contributed by atoms with E-state index >= 15 is 0 Å². The molecule has 1 aromatic rings. The van der Waals surface area contributed by atoms with E-state index in [0.717, 1.165) is 0 Å². The average molecular weight is 289 g/mol. The number of nitrogens with one attached hydrogen (secondary N) is 1. The summed E-state index contributed by atoms with van der Waals surface area (Å²) in [7, 11) is -3.16. The van der Waals surface area contributed by atoms with Crippen molar-refractivity contribution in [1.82, 2.24) is 0 Å². The van der Waals surface area contributed by atoms with Crippen molar-refractivity contribution in [2.75, 3.05) is 11.0 Å². The van der Waals surface area contributed by atoms with E-state index in [-0.39, 0.29) is 0 Å². The third-order valence-electron chi connectivity index (χ3n) is 2.06. The van der Waals surface area contributed by atoms with E-state index in [1.54, 1.807) is 6.07 Å². The van der Waals surface area contributed by atoms with E-state index in [1.165, 1.54) is 15.8 Å². The van der Waals surface area contributed by atoms with Crippen molar-refractivity contribution >= 4 is 34.7 Å². The van der Waals surface area contributed by atoms with Crippen LogP contribution in [0.2, 0.25) is 10.9 Å². The van der Waals surface area contributed by atoms with Gasteiger partial charge in [0.05, 0.1) is 0 Å². The fourth-order valence-corrected chi connectivity index (χ4v) is 3.99. The number of sulfonamides is 1. The number of rotatable bonds is 4. The second kappa shape index (κ2) is 5.04. The number of anilines is 1. The molecule has 0 spiro atoms. The van der Waals surface area contributed by atoms with Crippen molar-refractivity contribution in [3.8, 4) is 0 Å². The first-order valence-electron chi connectivity index (χ1n) is 4.71. The molecule has 0 amide bonds. The predicted molar refractivity (Wildman–Crippen MR) is 66.6 cm³/mol. The van der Waals surface area contributed by atoms with Crippen molar-refractivity contribution in [1.29, 1.82) is 0 Å². The van der Waals surface area contributed by atoms with Gasteiger partial charge in [-0.3, -0.25) is 0 Å². The van der Waals surface area contributed by atoms with Crippen molar-refractivity contribution in [2.45, 2.75) is 17.8 Å². The summed E-state index contributed by atoms with van der Waals surface area (Å²) >= 11 is -0.936. The molecule has 0 bridgehead atoms. The van der Waals surface area contributed by atoms with E-state index in [0.29, 0.717) is 5.69 Å². The van der Waals surface area contributed by atoms with Crippen LogP contribution in [-0.2, 0) is 10.0 Å².